The Kier molecular flexibility index (Phi) is 4.41. The lowest BCUT2D eigenvalue weighted by Gasteiger charge is -2.12. The predicted octanol–water partition coefficient (Wildman–Crippen LogP) is 2.61. The molecule has 0 saturated heterocycles. The number of nitrogens with one attached hydrogen (secondary N) is 1. The molecule has 7 heteroatoms. The molecule has 0 aliphatic heterocycles. The van der Waals surface area contributed by atoms with Gasteiger partial charge in [0.1, 0.15) is 5.75 Å². The Morgan fingerprint density at radius 3 is 2.62 bits per heavy atom. The summed E-state index contributed by atoms with van der Waals surface area (Å²) in [6.07, 6.45) is 0. The van der Waals surface area contributed by atoms with Crippen LogP contribution in [0.4, 0.5) is 5.69 Å². The minimum atomic E-state index is -3.75. The summed E-state index contributed by atoms with van der Waals surface area (Å²) in [5.41, 5.74) is 2.09. The van der Waals surface area contributed by atoms with Crippen molar-refractivity contribution in [1.82, 2.24) is 0 Å². The summed E-state index contributed by atoms with van der Waals surface area (Å²) >= 11 is 5.84. The average Bonchev–Trinajstić information content (AvgIpc) is 2.40. The second kappa shape index (κ2) is 5.93. The van der Waals surface area contributed by atoms with Gasteiger partial charge in [-0.2, -0.15) is 0 Å². The predicted molar refractivity (Wildman–Crippen MR) is 83.0 cm³/mol. The molecule has 0 aliphatic carbocycles. The fourth-order valence-corrected chi connectivity index (χ4v) is 2.98. The second-order valence-corrected chi connectivity index (χ2v) is 6.55. The van der Waals surface area contributed by atoms with Crippen LogP contribution in [0, 0.1) is 6.92 Å². The van der Waals surface area contributed by atoms with Crippen LogP contribution in [0.25, 0.3) is 0 Å². The van der Waals surface area contributed by atoms with Gasteiger partial charge in [0.15, 0.2) is 0 Å². The summed E-state index contributed by atoms with van der Waals surface area (Å²) in [5, 5.41) is 17.9. The zero-order chi connectivity index (χ0) is 15.6. The van der Waals surface area contributed by atoms with Crippen molar-refractivity contribution in [3.05, 3.63) is 52.5 Å². The summed E-state index contributed by atoms with van der Waals surface area (Å²) in [4.78, 5) is 0.0937. The summed E-state index contributed by atoms with van der Waals surface area (Å²) in [6.45, 7) is 2.13. The molecule has 0 aliphatic rings. The van der Waals surface area contributed by atoms with Gasteiger partial charge in [0, 0.05) is 12.2 Å². The van der Waals surface area contributed by atoms with Gasteiger partial charge in [0.2, 0.25) is 10.0 Å². The Labute approximate surface area is 128 Å². The fraction of sp³-hybridized carbons (Fsp3) is 0.143. The lowest BCUT2D eigenvalue weighted by atomic mass is 10.1. The number of benzene rings is 2. The lowest BCUT2D eigenvalue weighted by molar-refractivity contribution is 0.475. The molecule has 0 unspecified atom stereocenters. The molecule has 2 aromatic rings. The van der Waals surface area contributed by atoms with Crippen LogP contribution in [0.15, 0.2) is 41.3 Å². The third-order valence-electron chi connectivity index (χ3n) is 3.09. The van der Waals surface area contributed by atoms with Gasteiger partial charge < -0.3 is 10.4 Å². The van der Waals surface area contributed by atoms with Crippen molar-refractivity contribution >= 4 is 27.3 Å². The molecule has 0 fully saturated rings. The van der Waals surface area contributed by atoms with E-state index in [-0.39, 0.29) is 15.7 Å². The topological polar surface area (TPSA) is 92.4 Å². The molecule has 5 nitrogen and oxygen atoms in total. The maximum Gasteiger partial charge on any atom is 0.238 e. The minimum absolute atomic E-state index is 0.0211. The fourth-order valence-electron chi connectivity index (χ4n) is 1.97. The largest absolute Gasteiger partial charge is 0.506 e. The number of halogens is 1. The van der Waals surface area contributed by atoms with Gasteiger partial charge in [-0.3, -0.25) is 0 Å². The Balaban J connectivity index is 2.23. The van der Waals surface area contributed by atoms with Crippen molar-refractivity contribution in [2.75, 3.05) is 5.32 Å². The molecule has 2 rings (SSSR count). The average molecular weight is 327 g/mol. The Hall–Kier alpha value is -1.76. The van der Waals surface area contributed by atoms with Gasteiger partial charge in [-0.15, -0.1) is 0 Å². The zero-order valence-corrected chi connectivity index (χ0v) is 12.9. The third kappa shape index (κ3) is 3.66. The molecule has 112 valence electrons. The molecule has 0 aromatic heterocycles. The number of phenols is 1. The molecule has 0 saturated carbocycles. The van der Waals surface area contributed by atoms with E-state index in [1.54, 1.807) is 31.2 Å². The number of nitrogens with two attached hydrogens (primary N) is 1. The first-order valence-electron chi connectivity index (χ1n) is 6.12. The highest BCUT2D eigenvalue weighted by molar-refractivity contribution is 7.89. The van der Waals surface area contributed by atoms with E-state index < -0.39 is 10.0 Å². The highest BCUT2D eigenvalue weighted by atomic mass is 35.5. The van der Waals surface area contributed by atoms with Gasteiger partial charge in [-0.25, -0.2) is 13.6 Å². The first kappa shape index (κ1) is 15.6. The number of primary sulfonamides is 1. The highest BCUT2D eigenvalue weighted by Gasteiger charge is 2.13. The number of aromatic hydroxyl groups is 1. The van der Waals surface area contributed by atoms with E-state index in [1.807, 2.05) is 0 Å². The normalized spacial score (nSPS) is 11.4. The molecule has 4 N–H and O–H groups in total. The smallest absolute Gasteiger partial charge is 0.238 e. The van der Waals surface area contributed by atoms with Crippen LogP contribution in [0.1, 0.15) is 11.1 Å². The second-order valence-electron chi connectivity index (χ2n) is 4.61. The number of sulfonamides is 1. The number of phenolic OH excluding ortho intramolecular Hbond substituents is 1. The van der Waals surface area contributed by atoms with Gasteiger partial charge in [0.25, 0.3) is 0 Å². The SMILES string of the molecule is Cc1c(NCc2ccc(O)c(Cl)c2)cccc1S(N)(=O)=O. The Bertz CT molecular complexity index is 776. The van der Waals surface area contributed by atoms with Crippen molar-refractivity contribution in [2.24, 2.45) is 5.14 Å². The van der Waals surface area contributed by atoms with Crippen molar-refractivity contribution < 1.29 is 13.5 Å². The quantitative estimate of drug-likeness (QED) is 0.805. The number of hydrogen-bond acceptors (Lipinski definition) is 4. The molecular weight excluding hydrogens is 312 g/mol. The van der Waals surface area contributed by atoms with E-state index in [4.69, 9.17) is 16.7 Å². The summed E-state index contributed by atoms with van der Waals surface area (Å²) in [5.74, 6) is 0.0211. The highest BCUT2D eigenvalue weighted by Crippen LogP contribution is 2.25. The summed E-state index contributed by atoms with van der Waals surface area (Å²) < 4.78 is 22.9. The van der Waals surface area contributed by atoms with E-state index in [0.29, 0.717) is 17.8 Å². The van der Waals surface area contributed by atoms with Gasteiger partial charge >= 0.3 is 0 Å². The van der Waals surface area contributed by atoms with E-state index in [9.17, 15) is 13.5 Å². The molecular formula is C14H15ClN2O3S. The van der Waals surface area contributed by atoms with Gasteiger partial charge in [-0.1, -0.05) is 23.7 Å². The number of hydrogen-bond donors (Lipinski definition) is 3. The third-order valence-corrected chi connectivity index (χ3v) is 4.44. The van der Waals surface area contributed by atoms with Crippen LogP contribution in [-0.2, 0) is 16.6 Å². The molecule has 0 spiro atoms. The number of anilines is 1. The van der Waals surface area contributed by atoms with E-state index >= 15 is 0 Å². The van der Waals surface area contributed by atoms with E-state index in [1.165, 1.54) is 12.1 Å². The minimum Gasteiger partial charge on any atom is -0.506 e. The Morgan fingerprint density at radius 2 is 2.00 bits per heavy atom. The molecule has 0 heterocycles. The van der Waals surface area contributed by atoms with Gasteiger partial charge in [-0.05, 0) is 42.3 Å². The lowest BCUT2D eigenvalue weighted by Crippen LogP contribution is -2.14. The van der Waals surface area contributed by atoms with Crippen molar-refractivity contribution in [1.29, 1.82) is 0 Å². The van der Waals surface area contributed by atoms with Crippen LogP contribution in [0.2, 0.25) is 5.02 Å². The van der Waals surface area contributed by atoms with E-state index in [0.717, 1.165) is 5.56 Å². The monoisotopic (exact) mass is 326 g/mol. The maximum atomic E-state index is 11.5. The van der Waals surface area contributed by atoms with Crippen LogP contribution in [-0.4, -0.2) is 13.5 Å². The van der Waals surface area contributed by atoms with Crippen LogP contribution >= 0.6 is 11.6 Å². The maximum absolute atomic E-state index is 11.5. The standard InChI is InChI=1S/C14H15ClN2O3S/c1-9-12(3-2-4-14(9)21(16,19)20)17-8-10-5-6-13(18)11(15)7-10/h2-7,17-18H,8H2,1H3,(H2,16,19,20). The van der Waals surface area contributed by atoms with Crippen LogP contribution in [0.3, 0.4) is 0 Å². The van der Waals surface area contributed by atoms with Crippen molar-refractivity contribution in [3.8, 4) is 5.75 Å². The summed E-state index contributed by atoms with van der Waals surface area (Å²) in [7, 11) is -3.75. The first-order valence-corrected chi connectivity index (χ1v) is 8.05. The molecule has 0 bridgehead atoms. The van der Waals surface area contributed by atoms with Crippen LogP contribution < -0.4 is 10.5 Å². The number of rotatable bonds is 4. The molecule has 0 atom stereocenters. The van der Waals surface area contributed by atoms with Crippen LogP contribution in [0.5, 0.6) is 5.75 Å². The zero-order valence-electron chi connectivity index (χ0n) is 11.3. The van der Waals surface area contributed by atoms with Gasteiger partial charge in [0.05, 0.1) is 9.92 Å². The molecule has 2 aromatic carbocycles. The molecule has 0 radical (unpaired) electrons. The van der Waals surface area contributed by atoms with Crippen molar-refractivity contribution in [3.63, 3.8) is 0 Å². The first-order chi connectivity index (χ1) is 9.79. The molecule has 21 heavy (non-hydrogen) atoms. The molecule has 0 amide bonds. The Morgan fingerprint density at radius 1 is 1.29 bits per heavy atom. The summed E-state index contributed by atoms with van der Waals surface area (Å²) in [6, 6.07) is 9.74. The van der Waals surface area contributed by atoms with Crippen molar-refractivity contribution in [2.45, 2.75) is 18.4 Å². The van der Waals surface area contributed by atoms with E-state index in [2.05, 4.69) is 5.32 Å².